The highest BCUT2D eigenvalue weighted by atomic mass is 32.1. The minimum Gasteiger partial charge on any atom is -0.272 e. The largest absolute Gasteiger partial charge is 0.272 e. The molecule has 2 heterocycles. The zero-order valence-corrected chi connectivity index (χ0v) is 30.2. The second-order valence-electron chi connectivity index (χ2n) is 11.6. The Morgan fingerprint density at radius 1 is 0.577 bits per heavy atom. The zero-order valence-electron chi connectivity index (χ0n) is 28.6. The summed E-state index contributed by atoms with van der Waals surface area (Å²) in [5, 5.41) is 22.7. The van der Waals surface area contributed by atoms with Gasteiger partial charge in [-0.1, -0.05) is 35.4 Å². The molecule has 2 aromatic heterocycles. The van der Waals surface area contributed by atoms with Gasteiger partial charge in [0.25, 0.3) is 11.4 Å². The Bertz CT molecular complexity index is 2270. The summed E-state index contributed by atoms with van der Waals surface area (Å²) in [6, 6.07) is 28.1. The first-order valence-corrected chi connectivity index (χ1v) is 17.5. The van der Waals surface area contributed by atoms with Crippen LogP contribution in [-0.4, -0.2) is 52.5 Å². The van der Waals surface area contributed by atoms with Crippen LogP contribution in [0, 0.1) is 47.9 Å². The predicted molar refractivity (Wildman–Crippen MR) is 202 cm³/mol. The first-order valence-electron chi connectivity index (χ1n) is 16.0. The van der Waals surface area contributed by atoms with Gasteiger partial charge in [-0.15, -0.1) is 0 Å². The van der Waals surface area contributed by atoms with Gasteiger partial charge >= 0.3 is 0 Å². The maximum Gasteiger partial charge on any atom is 0.269 e. The summed E-state index contributed by atoms with van der Waals surface area (Å²) < 4.78 is 12.9. The Hall–Kier alpha value is -6.26. The van der Waals surface area contributed by atoms with Gasteiger partial charge in [0.15, 0.2) is 11.7 Å². The molecule has 6 rings (SSSR count). The van der Waals surface area contributed by atoms with E-state index < -0.39 is 9.85 Å². The van der Waals surface area contributed by atoms with E-state index in [-0.39, 0.29) is 24.5 Å². The highest BCUT2D eigenvalue weighted by Gasteiger charge is 2.13. The Labute approximate surface area is 305 Å². The quantitative estimate of drug-likeness (QED) is 0.0531. The van der Waals surface area contributed by atoms with Crippen LogP contribution in [0.3, 0.4) is 0 Å². The van der Waals surface area contributed by atoms with E-state index in [2.05, 4.69) is 8.75 Å². The molecule has 0 aliphatic carbocycles. The Morgan fingerprint density at radius 3 is 1.25 bits per heavy atom. The number of aromatic nitrogens is 4. The van der Waals surface area contributed by atoms with Crippen molar-refractivity contribution in [3.05, 3.63) is 161 Å². The van der Waals surface area contributed by atoms with E-state index in [1.807, 2.05) is 85.4 Å². The van der Waals surface area contributed by atoms with E-state index in [1.165, 1.54) is 47.3 Å². The number of hydrogen-bond donors (Lipinski definition) is 0. The molecule has 16 heteroatoms. The monoisotopic (exact) mass is 732 g/mol. The van der Waals surface area contributed by atoms with E-state index in [0.29, 0.717) is 32.4 Å². The lowest BCUT2D eigenvalue weighted by Gasteiger charge is -2.07. The van der Waals surface area contributed by atoms with Crippen LogP contribution in [0.1, 0.15) is 33.9 Å². The molecule has 0 aliphatic rings. The van der Waals surface area contributed by atoms with Gasteiger partial charge in [-0.25, -0.2) is 0 Å². The van der Waals surface area contributed by atoms with Gasteiger partial charge in [0.2, 0.25) is 9.60 Å². The molecule has 0 saturated heterocycles. The third-order valence-corrected chi connectivity index (χ3v) is 9.42. The standard InChI is InChI=1S/C36H32N10O4S2/c1-23-5-13-29(14-6-23)43-25(3)41-51-35(43)39-33(27-9-17-31(18-10-27)45(47)48)37-21-22-38-34(28-11-19-32(20-12-28)46(49)50)40-36-44(26(4)42-52-36)30-15-7-24(2)8-16-30/h5-20H,21-22H2,1-4H3. The number of amidine groups is 2. The molecular formula is C36H32N10O4S2. The summed E-state index contributed by atoms with van der Waals surface area (Å²) in [5.41, 5.74) is 5.07. The van der Waals surface area contributed by atoms with Gasteiger partial charge in [-0.2, -0.15) is 18.7 Å². The van der Waals surface area contributed by atoms with E-state index in [1.54, 1.807) is 24.3 Å². The van der Waals surface area contributed by atoms with Crippen LogP contribution in [0.5, 0.6) is 0 Å². The lowest BCUT2D eigenvalue weighted by Crippen LogP contribution is -2.18. The van der Waals surface area contributed by atoms with Crippen LogP contribution in [0.25, 0.3) is 11.4 Å². The van der Waals surface area contributed by atoms with Crippen LogP contribution in [0.2, 0.25) is 0 Å². The van der Waals surface area contributed by atoms with Crippen LogP contribution in [0.15, 0.2) is 117 Å². The van der Waals surface area contributed by atoms with E-state index in [9.17, 15) is 20.2 Å². The van der Waals surface area contributed by atoms with Crippen molar-refractivity contribution in [3.8, 4) is 11.4 Å². The first-order chi connectivity index (χ1) is 25.1. The number of nitro benzene ring substituents is 2. The van der Waals surface area contributed by atoms with Crippen molar-refractivity contribution in [1.29, 1.82) is 0 Å². The minimum absolute atomic E-state index is 0.0495. The van der Waals surface area contributed by atoms with Gasteiger partial charge in [0.05, 0.1) is 22.9 Å². The fraction of sp³-hybridized carbons (Fsp3) is 0.167. The number of benzene rings is 4. The zero-order chi connectivity index (χ0) is 36.8. The number of nitrogens with zero attached hydrogens (tertiary/aromatic N) is 10. The van der Waals surface area contributed by atoms with E-state index in [4.69, 9.17) is 20.0 Å². The average molecular weight is 733 g/mol. The summed E-state index contributed by atoms with van der Waals surface area (Å²) in [6.07, 6.45) is 0. The Morgan fingerprint density at radius 2 is 0.923 bits per heavy atom. The predicted octanol–water partition coefficient (Wildman–Crippen LogP) is 6.63. The van der Waals surface area contributed by atoms with Gasteiger partial charge in [0.1, 0.15) is 11.6 Å². The van der Waals surface area contributed by atoms with Crippen LogP contribution in [-0.2, 0) is 0 Å². The SMILES string of the molecule is Cc1ccc(-n2c(C)nsc2=NC(=NCCN=C(N=c2snc(C)n2-c2ccc(C)cc2)c2ccc([N+](=O)[O-])cc2)c2ccc([N+](=O)[O-])cc2)cc1. The molecule has 14 nitrogen and oxygen atoms in total. The molecule has 52 heavy (non-hydrogen) atoms. The van der Waals surface area contributed by atoms with Crippen LogP contribution in [0.4, 0.5) is 11.4 Å². The third kappa shape index (κ3) is 8.20. The molecule has 0 radical (unpaired) electrons. The lowest BCUT2D eigenvalue weighted by molar-refractivity contribution is -0.385. The number of aliphatic imine (C=N–C) groups is 2. The Balaban J connectivity index is 1.41. The highest BCUT2D eigenvalue weighted by Crippen LogP contribution is 2.17. The molecule has 6 aromatic rings. The summed E-state index contributed by atoms with van der Waals surface area (Å²) in [5.74, 6) is 2.18. The molecule has 0 aliphatic heterocycles. The number of nitro groups is 2. The average Bonchev–Trinajstić information content (AvgIpc) is 3.70. The molecule has 262 valence electrons. The smallest absolute Gasteiger partial charge is 0.269 e. The number of rotatable bonds is 9. The molecular weight excluding hydrogens is 701 g/mol. The second kappa shape index (κ2) is 15.7. The van der Waals surface area contributed by atoms with Crippen molar-refractivity contribution in [2.45, 2.75) is 27.7 Å². The second-order valence-corrected chi connectivity index (χ2v) is 13.1. The molecule has 0 bridgehead atoms. The third-order valence-electron chi connectivity index (χ3n) is 7.83. The van der Waals surface area contributed by atoms with Crippen molar-refractivity contribution < 1.29 is 9.85 Å². The van der Waals surface area contributed by atoms with Gasteiger partial charge in [-0.05, 0) is 76.2 Å². The first kappa shape index (κ1) is 35.6. The highest BCUT2D eigenvalue weighted by molar-refractivity contribution is 7.03. The maximum atomic E-state index is 11.4. The molecule has 0 fully saturated rings. The fourth-order valence-corrected chi connectivity index (χ4v) is 6.60. The van der Waals surface area contributed by atoms with Crippen molar-refractivity contribution >= 4 is 46.1 Å². The maximum absolute atomic E-state index is 11.4. The lowest BCUT2D eigenvalue weighted by atomic mass is 10.2. The molecule has 0 amide bonds. The van der Waals surface area contributed by atoms with Gasteiger partial charge in [0, 0.05) is 69.8 Å². The fourth-order valence-electron chi connectivity index (χ4n) is 5.12. The minimum atomic E-state index is -0.458. The topological polar surface area (TPSA) is 171 Å². The molecule has 0 saturated carbocycles. The van der Waals surface area contributed by atoms with Crippen LogP contribution < -0.4 is 9.60 Å². The Kier molecular flexibility index (Phi) is 10.8. The van der Waals surface area contributed by atoms with Crippen molar-refractivity contribution in [2.75, 3.05) is 13.1 Å². The van der Waals surface area contributed by atoms with Crippen molar-refractivity contribution in [1.82, 2.24) is 17.9 Å². The summed E-state index contributed by atoms with van der Waals surface area (Å²) in [4.78, 5) is 42.4. The van der Waals surface area contributed by atoms with E-state index >= 15 is 0 Å². The molecule has 0 atom stereocenters. The van der Waals surface area contributed by atoms with Crippen LogP contribution >= 0.6 is 23.1 Å². The number of hydrogen-bond acceptors (Lipinski definition) is 10. The normalized spacial score (nSPS) is 12.8. The van der Waals surface area contributed by atoms with E-state index in [0.717, 1.165) is 34.2 Å². The van der Waals surface area contributed by atoms with Crippen molar-refractivity contribution in [3.63, 3.8) is 0 Å². The van der Waals surface area contributed by atoms with Gasteiger partial charge in [-0.3, -0.25) is 39.3 Å². The van der Waals surface area contributed by atoms with Gasteiger partial charge < -0.3 is 0 Å². The molecule has 0 N–H and O–H groups in total. The summed E-state index contributed by atoms with van der Waals surface area (Å²) >= 11 is 2.43. The summed E-state index contributed by atoms with van der Waals surface area (Å²) in [7, 11) is 0. The molecule has 0 unspecified atom stereocenters. The number of non-ortho nitro benzene ring substituents is 2. The summed E-state index contributed by atoms with van der Waals surface area (Å²) in [6.45, 7) is 8.18. The molecule has 0 spiro atoms. The molecule has 4 aromatic carbocycles. The van der Waals surface area contributed by atoms with Crippen molar-refractivity contribution in [2.24, 2.45) is 20.0 Å². The number of aryl methyl sites for hydroxylation is 4.